The Balaban J connectivity index is 1.96. The molecule has 3 nitrogen and oxygen atoms in total. The highest BCUT2D eigenvalue weighted by atomic mass is 19.1. The van der Waals surface area contributed by atoms with Crippen LogP contribution >= 0.6 is 0 Å². The van der Waals surface area contributed by atoms with E-state index in [1.807, 2.05) is 0 Å². The summed E-state index contributed by atoms with van der Waals surface area (Å²) in [5, 5.41) is 0. The number of hydrogen-bond acceptors (Lipinski definition) is 3. The monoisotopic (exact) mass is 286 g/mol. The highest BCUT2D eigenvalue weighted by Gasteiger charge is 2.16. The molecule has 0 N–H and O–H groups in total. The molecule has 0 atom stereocenters. The first-order chi connectivity index (χ1) is 10.1. The summed E-state index contributed by atoms with van der Waals surface area (Å²) in [4.78, 5) is 12.5. The first-order valence-electron chi connectivity index (χ1n) is 6.85. The molecular weight excluding hydrogens is 271 g/mol. The fraction of sp³-hybridized carbons (Fsp3) is 0.235. The van der Waals surface area contributed by atoms with Crippen LogP contribution in [-0.4, -0.2) is 19.0 Å². The van der Waals surface area contributed by atoms with Gasteiger partial charge in [0.2, 0.25) is 0 Å². The van der Waals surface area contributed by atoms with Crippen LogP contribution in [0.5, 0.6) is 11.5 Å². The molecule has 0 aromatic heterocycles. The maximum absolute atomic E-state index is 13.1. The van der Waals surface area contributed by atoms with Crippen molar-refractivity contribution >= 4 is 5.78 Å². The average molecular weight is 286 g/mol. The van der Waals surface area contributed by atoms with E-state index in [1.165, 1.54) is 18.2 Å². The SMILES string of the molecule is Cc1cc(F)ccc1C(=O)c1ccc2c(c1)OCCCO2. The number of carbonyl (C=O) groups excluding carboxylic acids is 1. The van der Waals surface area contributed by atoms with Crippen LogP contribution in [0, 0.1) is 12.7 Å². The molecule has 1 aliphatic rings. The average Bonchev–Trinajstić information content (AvgIpc) is 2.71. The van der Waals surface area contributed by atoms with Crippen LogP contribution in [0.2, 0.25) is 0 Å². The third kappa shape index (κ3) is 2.75. The molecule has 1 aliphatic heterocycles. The van der Waals surface area contributed by atoms with Crippen LogP contribution in [0.3, 0.4) is 0 Å². The largest absolute Gasteiger partial charge is 0.490 e. The van der Waals surface area contributed by atoms with E-state index in [0.29, 0.717) is 41.4 Å². The molecule has 21 heavy (non-hydrogen) atoms. The molecule has 1 heterocycles. The van der Waals surface area contributed by atoms with Gasteiger partial charge < -0.3 is 9.47 Å². The van der Waals surface area contributed by atoms with Gasteiger partial charge in [-0.1, -0.05) is 0 Å². The lowest BCUT2D eigenvalue weighted by Gasteiger charge is -2.10. The van der Waals surface area contributed by atoms with Crippen molar-refractivity contribution in [3.05, 3.63) is 58.9 Å². The molecule has 0 bridgehead atoms. The summed E-state index contributed by atoms with van der Waals surface area (Å²) in [5.41, 5.74) is 1.62. The molecule has 0 fully saturated rings. The summed E-state index contributed by atoms with van der Waals surface area (Å²) < 4.78 is 24.3. The first kappa shape index (κ1) is 13.6. The van der Waals surface area contributed by atoms with Gasteiger partial charge in [-0.05, 0) is 48.9 Å². The number of rotatable bonds is 2. The van der Waals surface area contributed by atoms with Crippen LogP contribution in [0.1, 0.15) is 27.9 Å². The van der Waals surface area contributed by atoms with Crippen LogP contribution in [0.15, 0.2) is 36.4 Å². The zero-order valence-electron chi connectivity index (χ0n) is 11.7. The fourth-order valence-corrected chi connectivity index (χ4v) is 2.34. The molecule has 0 unspecified atom stereocenters. The Hall–Kier alpha value is -2.36. The lowest BCUT2D eigenvalue weighted by atomic mass is 9.99. The normalized spacial score (nSPS) is 13.6. The third-order valence-electron chi connectivity index (χ3n) is 3.44. The third-order valence-corrected chi connectivity index (χ3v) is 3.44. The van der Waals surface area contributed by atoms with Crippen molar-refractivity contribution in [2.45, 2.75) is 13.3 Å². The zero-order valence-corrected chi connectivity index (χ0v) is 11.7. The maximum atomic E-state index is 13.1. The summed E-state index contributed by atoms with van der Waals surface area (Å²) in [5.74, 6) is 0.740. The van der Waals surface area contributed by atoms with E-state index in [0.717, 1.165) is 6.42 Å². The van der Waals surface area contributed by atoms with Gasteiger partial charge in [0.15, 0.2) is 17.3 Å². The Labute approximate surface area is 122 Å². The molecule has 0 aliphatic carbocycles. The Kier molecular flexibility index (Phi) is 3.60. The van der Waals surface area contributed by atoms with Crippen molar-refractivity contribution in [1.29, 1.82) is 0 Å². The first-order valence-corrected chi connectivity index (χ1v) is 6.85. The molecule has 108 valence electrons. The maximum Gasteiger partial charge on any atom is 0.193 e. The number of aryl methyl sites for hydroxylation is 1. The minimum Gasteiger partial charge on any atom is -0.490 e. The van der Waals surface area contributed by atoms with E-state index >= 15 is 0 Å². The number of ether oxygens (including phenoxy) is 2. The van der Waals surface area contributed by atoms with Gasteiger partial charge in [-0.2, -0.15) is 0 Å². The Morgan fingerprint density at radius 2 is 1.81 bits per heavy atom. The summed E-state index contributed by atoms with van der Waals surface area (Å²) in [6.07, 6.45) is 0.815. The quantitative estimate of drug-likeness (QED) is 0.792. The van der Waals surface area contributed by atoms with E-state index in [9.17, 15) is 9.18 Å². The van der Waals surface area contributed by atoms with Gasteiger partial charge in [-0.15, -0.1) is 0 Å². The summed E-state index contributed by atoms with van der Waals surface area (Å²) >= 11 is 0. The van der Waals surface area contributed by atoms with Crippen molar-refractivity contribution in [3.63, 3.8) is 0 Å². The van der Waals surface area contributed by atoms with Crippen LogP contribution in [0.25, 0.3) is 0 Å². The standard InChI is InChI=1S/C17H15FO3/c1-11-9-13(18)4-5-14(11)17(19)12-3-6-15-16(10-12)21-8-2-7-20-15/h3-6,9-10H,2,7-8H2,1H3. The van der Waals surface area contributed by atoms with Gasteiger partial charge in [-0.3, -0.25) is 4.79 Å². The minimum absolute atomic E-state index is 0.150. The van der Waals surface area contributed by atoms with Gasteiger partial charge in [0.1, 0.15) is 5.82 Å². The predicted molar refractivity (Wildman–Crippen MR) is 76.6 cm³/mol. The highest BCUT2D eigenvalue weighted by Crippen LogP contribution is 2.31. The summed E-state index contributed by atoms with van der Waals surface area (Å²) in [6, 6.07) is 9.30. The Bertz CT molecular complexity index is 694. The minimum atomic E-state index is -0.345. The lowest BCUT2D eigenvalue weighted by molar-refractivity contribution is 0.103. The topological polar surface area (TPSA) is 35.5 Å². The molecule has 0 radical (unpaired) electrons. The Morgan fingerprint density at radius 3 is 2.57 bits per heavy atom. The van der Waals surface area contributed by atoms with Gasteiger partial charge in [-0.25, -0.2) is 4.39 Å². The molecule has 2 aromatic rings. The van der Waals surface area contributed by atoms with E-state index in [-0.39, 0.29) is 11.6 Å². The zero-order chi connectivity index (χ0) is 14.8. The van der Waals surface area contributed by atoms with Crippen molar-refractivity contribution < 1.29 is 18.7 Å². The molecule has 0 amide bonds. The predicted octanol–water partition coefficient (Wildman–Crippen LogP) is 3.53. The van der Waals surface area contributed by atoms with Gasteiger partial charge in [0, 0.05) is 17.5 Å². The summed E-state index contributed by atoms with van der Waals surface area (Å²) in [7, 11) is 0. The van der Waals surface area contributed by atoms with Gasteiger partial charge in [0.25, 0.3) is 0 Å². The molecule has 0 spiro atoms. The second kappa shape index (κ2) is 5.56. The van der Waals surface area contributed by atoms with Gasteiger partial charge in [0.05, 0.1) is 13.2 Å². The molecule has 2 aromatic carbocycles. The van der Waals surface area contributed by atoms with Gasteiger partial charge >= 0.3 is 0 Å². The van der Waals surface area contributed by atoms with Crippen molar-refractivity contribution in [2.24, 2.45) is 0 Å². The number of benzene rings is 2. The van der Waals surface area contributed by atoms with Crippen molar-refractivity contribution in [2.75, 3.05) is 13.2 Å². The lowest BCUT2D eigenvalue weighted by Crippen LogP contribution is -2.05. The van der Waals surface area contributed by atoms with Crippen LogP contribution in [0.4, 0.5) is 4.39 Å². The van der Waals surface area contributed by atoms with E-state index < -0.39 is 0 Å². The second-order valence-corrected chi connectivity index (χ2v) is 5.00. The number of ketones is 1. The summed E-state index contributed by atoms with van der Waals surface area (Å²) in [6.45, 7) is 2.90. The number of fused-ring (bicyclic) bond motifs is 1. The highest BCUT2D eigenvalue weighted by molar-refractivity contribution is 6.10. The molecule has 4 heteroatoms. The number of halogens is 1. The molecular formula is C17H15FO3. The molecule has 0 saturated carbocycles. The number of hydrogen-bond donors (Lipinski definition) is 0. The van der Waals surface area contributed by atoms with E-state index in [2.05, 4.69) is 0 Å². The van der Waals surface area contributed by atoms with Crippen LogP contribution in [-0.2, 0) is 0 Å². The van der Waals surface area contributed by atoms with E-state index in [4.69, 9.17) is 9.47 Å². The molecule has 0 saturated heterocycles. The van der Waals surface area contributed by atoms with E-state index in [1.54, 1.807) is 25.1 Å². The van der Waals surface area contributed by atoms with Crippen molar-refractivity contribution in [3.8, 4) is 11.5 Å². The van der Waals surface area contributed by atoms with Crippen molar-refractivity contribution in [1.82, 2.24) is 0 Å². The second-order valence-electron chi connectivity index (χ2n) is 5.00. The molecule has 3 rings (SSSR count). The van der Waals surface area contributed by atoms with Crippen LogP contribution < -0.4 is 9.47 Å². The smallest absolute Gasteiger partial charge is 0.193 e. The fourth-order valence-electron chi connectivity index (χ4n) is 2.34. The Morgan fingerprint density at radius 1 is 1.05 bits per heavy atom. The number of carbonyl (C=O) groups is 1.